The van der Waals surface area contributed by atoms with Crippen LogP contribution in [0.3, 0.4) is 0 Å². The Labute approximate surface area is 111 Å². The molecule has 0 spiro atoms. The molecule has 1 aromatic heterocycles. The van der Waals surface area contributed by atoms with E-state index in [1.807, 2.05) is 37.3 Å². The third kappa shape index (κ3) is 3.77. The smallest absolute Gasteiger partial charge is 0.341 e. The zero-order chi connectivity index (χ0) is 13.5. The van der Waals surface area contributed by atoms with Crippen LogP contribution in [0.15, 0.2) is 42.7 Å². The van der Waals surface area contributed by atoms with E-state index in [-0.39, 0.29) is 0 Å². The van der Waals surface area contributed by atoms with Crippen molar-refractivity contribution in [2.24, 2.45) is 0 Å². The minimum Gasteiger partial charge on any atom is -0.462 e. The molecule has 5 heteroatoms. The highest BCUT2D eigenvalue weighted by atomic mass is 16.5. The summed E-state index contributed by atoms with van der Waals surface area (Å²) in [6.07, 6.45) is 3.70. The molecule has 98 valence electrons. The number of nitrogens with zero attached hydrogens (tertiary/aromatic N) is 2. The Morgan fingerprint density at radius 3 is 2.53 bits per heavy atom. The molecule has 1 N–H and O–H groups in total. The maximum absolute atomic E-state index is 11.6. The fourth-order valence-electron chi connectivity index (χ4n) is 1.43. The molecule has 0 saturated heterocycles. The number of carbonyl (C=O) groups is 1. The Morgan fingerprint density at radius 1 is 1.21 bits per heavy atom. The monoisotopic (exact) mass is 257 g/mol. The number of para-hydroxylation sites is 1. The number of hydrogen-bond acceptors (Lipinski definition) is 5. The molecule has 0 aliphatic carbocycles. The van der Waals surface area contributed by atoms with Crippen LogP contribution < -0.4 is 5.32 Å². The molecule has 5 nitrogen and oxygen atoms in total. The van der Waals surface area contributed by atoms with Crippen LogP contribution in [0.4, 0.5) is 11.6 Å². The van der Waals surface area contributed by atoms with E-state index < -0.39 is 5.97 Å². The average molecular weight is 257 g/mol. The molecule has 0 saturated carbocycles. The summed E-state index contributed by atoms with van der Waals surface area (Å²) in [5.74, 6) is 0.0475. The van der Waals surface area contributed by atoms with Gasteiger partial charge in [-0.3, -0.25) is 0 Å². The molecule has 2 aromatic rings. The summed E-state index contributed by atoms with van der Waals surface area (Å²) in [5.41, 5.74) is 1.25. The van der Waals surface area contributed by atoms with Gasteiger partial charge in [0.15, 0.2) is 0 Å². The summed E-state index contributed by atoms with van der Waals surface area (Å²) in [6.45, 7) is 2.35. The van der Waals surface area contributed by atoms with Gasteiger partial charge in [-0.2, -0.15) is 0 Å². The van der Waals surface area contributed by atoms with E-state index in [0.717, 1.165) is 12.1 Å². The third-order valence-corrected chi connectivity index (χ3v) is 2.35. The van der Waals surface area contributed by atoms with E-state index in [1.54, 1.807) is 0 Å². The predicted octanol–water partition coefficient (Wildman–Crippen LogP) is 2.79. The van der Waals surface area contributed by atoms with Gasteiger partial charge in [-0.25, -0.2) is 14.8 Å². The lowest BCUT2D eigenvalue weighted by atomic mass is 10.3. The van der Waals surface area contributed by atoms with Crippen molar-refractivity contribution >= 4 is 17.6 Å². The summed E-state index contributed by atoms with van der Waals surface area (Å²) < 4.78 is 5.00. The molecule has 0 radical (unpaired) electrons. The number of anilines is 2. The molecule has 2 rings (SSSR count). The number of hydrogen-bond donors (Lipinski definition) is 1. The largest absolute Gasteiger partial charge is 0.462 e. The highest BCUT2D eigenvalue weighted by molar-refractivity contribution is 5.88. The number of esters is 1. The lowest BCUT2D eigenvalue weighted by molar-refractivity contribution is 0.0504. The van der Waals surface area contributed by atoms with Crippen LogP contribution in [0.25, 0.3) is 0 Å². The van der Waals surface area contributed by atoms with Crippen molar-refractivity contribution in [1.82, 2.24) is 9.97 Å². The summed E-state index contributed by atoms with van der Waals surface area (Å²) >= 11 is 0. The van der Waals surface area contributed by atoms with Crippen molar-refractivity contribution in [2.75, 3.05) is 11.9 Å². The van der Waals surface area contributed by atoms with Crippen LogP contribution in [0.1, 0.15) is 23.7 Å². The average Bonchev–Trinajstić information content (AvgIpc) is 2.46. The molecule has 0 aliphatic rings. The first-order valence-corrected chi connectivity index (χ1v) is 6.11. The topological polar surface area (TPSA) is 64.1 Å². The minimum absolute atomic E-state index is 0.354. The van der Waals surface area contributed by atoms with Crippen LogP contribution in [0.5, 0.6) is 0 Å². The molecule has 1 aromatic carbocycles. The van der Waals surface area contributed by atoms with Crippen molar-refractivity contribution in [1.29, 1.82) is 0 Å². The Morgan fingerprint density at radius 2 is 1.89 bits per heavy atom. The number of carbonyl (C=O) groups excluding carboxylic acids is 1. The van der Waals surface area contributed by atoms with E-state index >= 15 is 0 Å². The minimum atomic E-state index is -0.395. The van der Waals surface area contributed by atoms with Crippen molar-refractivity contribution in [2.45, 2.75) is 13.3 Å². The second-order valence-corrected chi connectivity index (χ2v) is 3.92. The van der Waals surface area contributed by atoms with Crippen molar-refractivity contribution in [3.63, 3.8) is 0 Å². The van der Waals surface area contributed by atoms with Gasteiger partial charge in [0.2, 0.25) is 5.95 Å². The third-order valence-electron chi connectivity index (χ3n) is 2.35. The number of aromatic nitrogens is 2. The molecule has 0 atom stereocenters. The summed E-state index contributed by atoms with van der Waals surface area (Å²) in [5, 5.41) is 3.04. The Kier molecular flexibility index (Phi) is 4.44. The zero-order valence-electron chi connectivity index (χ0n) is 10.7. The van der Waals surface area contributed by atoms with Gasteiger partial charge >= 0.3 is 5.97 Å². The quantitative estimate of drug-likeness (QED) is 0.834. The molecule has 0 bridgehead atoms. The SMILES string of the molecule is CCCOC(=O)c1cnc(Nc2ccccc2)nc1. The van der Waals surface area contributed by atoms with E-state index in [0.29, 0.717) is 18.1 Å². The number of rotatable bonds is 5. The van der Waals surface area contributed by atoms with Crippen molar-refractivity contribution < 1.29 is 9.53 Å². The Balaban J connectivity index is 2.00. The van der Waals surface area contributed by atoms with Gasteiger partial charge < -0.3 is 10.1 Å². The van der Waals surface area contributed by atoms with Crippen molar-refractivity contribution in [3.05, 3.63) is 48.3 Å². The van der Waals surface area contributed by atoms with E-state index in [2.05, 4.69) is 15.3 Å². The molecule has 0 amide bonds. The first-order valence-electron chi connectivity index (χ1n) is 6.11. The van der Waals surface area contributed by atoms with E-state index in [4.69, 9.17) is 4.74 Å². The highest BCUT2D eigenvalue weighted by Crippen LogP contribution is 2.11. The van der Waals surface area contributed by atoms with Gasteiger partial charge in [0.25, 0.3) is 0 Å². The molecule has 0 aliphatic heterocycles. The standard InChI is InChI=1S/C14H15N3O2/c1-2-8-19-13(18)11-9-15-14(16-10-11)17-12-6-4-3-5-7-12/h3-7,9-10H,2,8H2,1H3,(H,15,16,17). The lowest BCUT2D eigenvalue weighted by Crippen LogP contribution is -2.07. The number of nitrogens with one attached hydrogen (secondary N) is 1. The first kappa shape index (κ1) is 13.0. The second kappa shape index (κ2) is 6.49. The second-order valence-electron chi connectivity index (χ2n) is 3.92. The van der Waals surface area contributed by atoms with Crippen LogP contribution in [0.2, 0.25) is 0 Å². The predicted molar refractivity (Wildman–Crippen MR) is 72.3 cm³/mol. The summed E-state index contributed by atoms with van der Waals surface area (Å²) in [4.78, 5) is 19.7. The van der Waals surface area contributed by atoms with Crippen LogP contribution in [-0.2, 0) is 4.74 Å². The van der Waals surface area contributed by atoms with Gasteiger partial charge in [-0.15, -0.1) is 0 Å². The molecular formula is C14H15N3O2. The number of benzene rings is 1. The maximum atomic E-state index is 11.6. The summed E-state index contributed by atoms with van der Waals surface area (Å²) in [6, 6.07) is 9.58. The van der Waals surface area contributed by atoms with E-state index in [9.17, 15) is 4.79 Å². The van der Waals surface area contributed by atoms with Crippen LogP contribution >= 0.6 is 0 Å². The number of ether oxygens (including phenoxy) is 1. The van der Waals surface area contributed by atoms with Gasteiger partial charge in [0.1, 0.15) is 0 Å². The van der Waals surface area contributed by atoms with Gasteiger partial charge in [-0.05, 0) is 18.6 Å². The normalized spacial score (nSPS) is 9.95. The lowest BCUT2D eigenvalue weighted by Gasteiger charge is -2.05. The first-order chi connectivity index (χ1) is 9.29. The highest BCUT2D eigenvalue weighted by Gasteiger charge is 2.08. The molecule has 19 heavy (non-hydrogen) atoms. The molecule has 0 unspecified atom stereocenters. The van der Waals surface area contributed by atoms with Crippen LogP contribution in [-0.4, -0.2) is 22.5 Å². The Hall–Kier alpha value is -2.43. The van der Waals surface area contributed by atoms with Gasteiger partial charge in [0.05, 0.1) is 12.2 Å². The molecule has 1 heterocycles. The van der Waals surface area contributed by atoms with Crippen LogP contribution in [0, 0.1) is 0 Å². The fourth-order valence-corrected chi connectivity index (χ4v) is 1.43. The summed E-state index contributed by atoms with van der Waals surface area (Å²) in [7, 11) is 0. The Bertz CT molecular complexity index is 526. The molecule has 0 fully saturated rings. The molecular weight excluding hydrogens is 242 g/mol. The van der Waals surface area contributed by atoms with Crippen molar-refractivity contribution in [3.8, 4) is 0 Å². The maximum Gasteiger partial charge on any atom is 0.341 e. The van der Waals surface area contributed by atoms with E-state index in [1.165, 1.54) is 12.4 Å². The van der Waals surface area contributed by atoms with Gasteiger partial charge in [0, 0.05) is 18.1 Å². The fraction of sp³-hybridized carbons (Fsp3) is 0.214. The van der Waals surface area contributed by atoms with Gasteiger partial charge in [-0.1, -0.05) is 25.1 Å². The zero-order valence-corrected chi connectivity index (χ0v) is 10.7.